The van der Waals surface area contributed by atoms with Gasteiger partial charge < -0.3 is 15.0 Å². The van der Waals surface area contributed by atoms with Crippen molar-refractivity contribution in [1.29, 1.82) is 0 Å². The molecule has 26 heavy (non-hydrogen) atoms. The lowest BCUT2D eigenvalue weighted by atomic mass is 10.2. The van der Waals surface area contributed by atoms with E-state index in [9.17, 15) is 14.0 Å². The summed E-state index contributed by atoms with van der Waals surface area (Å²) in [5.41, 5.74) is 0.817. The second-order valence-corrected chi connectivity index (χ2v) is 6.15. The van der Waals surface area contributed by atoms with Crippen LogP contribution in [-0.2, 0) is 16.1 Å². The maximum absolute atomic E-state index is 12.9. The predicted octanol–water partition coefficient (Wildman–Crippen LogP) is 2.64. The molecule has 1 aromatic carbocycles. The fourth-order valence-corrected chi connectivity index (χ4v) is 2.96. The van der Waals surface area contributed by atoms with E-state index in [-0.39, 0.29) is 17.6 Å². The van der Waals surface area contributed by atoms with E-state index in [0.717, 1.165) is 12.0 Å². The van der Waals surface area contributed by atoms with Crippen molar-refractivity contribution >= 4 is 11.8 Å². The van der Waals surface area contributed by atoms with Crippen LogP contribution in [0, 0.1) is 5.82 Å². The third-order valence-electron chi connectivity index (χ3n) is 4.26. The number of rotatable bonds is 5. The van der Waals surface area contributed by atoms with Crippen LogP contribution in [0.25, 0.3) is 0 Å². The zero-order valence-corrected chi connectivity index (χ0v) is 14.4. The van der Waals surface area contributed by atoms with Crippen LogP contribution in [0.3, 0.4) is 0 Å². The molecule has 0 radical (unpaired) electrons. The summed E-state index contributed by atoms with van der Waals surface area (Å²) in [6, 6.07) is 8.73. The third-order valence-corrected chi connectivity index (χ3v) is 4.26. The predicted molar refractivity (Wildman–Crippen MR) is 93.0 cm³/mol. The van der Waals surface area contributed by atoms with Crippen LogP contribution in [0.4, 0.5) is 4.39 Å². The average molecular weight is 357 g/mol. The van der Waals surface area contributed by atoms with Crippen LogP contribution in [0.5, 0.6) is 11.6 Å². The number of ether oxygens (including phenoxy) is 1. The van der Waals surface area contributed by atoms with Crippen molar-refractivity contribution in [3.05, 3.63) is 54.0 Å². The van der Waals surface area contributed by atoms with Crippen molar-refractivity contribution in [1.82, 2.24) is 15.2 Å². The molecular formula is C19H20FN3O3. The van der Waals surface area contributed by atoms with Gasteiger partial charge in [0.05, 0.1) is 0 Å². The first-order valence-electron chi connectivity index (χ1n) is 8.46. The van der Waals surface area contributed by atoms with Gasteiger partial charge in [-0.1, -0.05) is 0 Å². The number of amides is 2. The summed E-state index contributed by atoms with van der Waals surface area (Å²) in [6.45, 7) is 2.41. The molecule has 0 saturated carbocycles. The molecule has 1 N–H and O–H groups in total. The highest BCUT2D eigenvalue weighted by atomic mass is 19.1. The molecule has 0 spiro atoms. The minimum Gasteiger partial charge on any atom is -0.439 e. The number of hydrogen-bond donors (Lipinski definition) is 1. The Bertz CT molecular complexity index is 795. The molecule has 0 aliphatic carbocycles. The normalized spacial score (nSPS) is 16.4. The van der Waals surface area contributed by atoms with E-state index in [0.29, 0.717) is 31.1 Å². The maximum Gasteiger partial charge on any atom is 0.243 e. The molecule has 6 nitrogen and oxygen atoms in total. The fraction of sp³-hybridized carbons (Fsp3) is 0.316. The number of carbonyl (C=O) groups excluding carboxylic acids is 2. The SMILES string of the molecule is CC(=O)N1CCCC1C(=O)NCc1ccnc(Oc2ccc(F)cc2)c1. The Kier molecular flexibility index (Phi) is 5.46. The van der Waals surface area contributed by atoms with Crippen molar-refractivity contribution in [3.8, 4) is 11.6 Å². The number of aromatic nitrogens is 1. The lowest BCUT2D eigenvalue weighted by Gasteiger charge is -2.22. The average Bonchev–Trinajstić information content (AvgIpc) is 3.12. The van der Waals surface area contributed by atoms with Crippen LogP contribution < -0.4 is 10.1 Å². The molecule has 136 valence electrons. The standard InChI is InChI=1S/C19H20FN3O3/c1-13(24)23-10-2-3-17(23)19(25)22-12-14-8-9-21-18(11-14)26-16-6-4-15(20)5-7-16/h4-9,11,17H,2-3,10,12H2,1H3,(H,22,25). The van der Waals surface area contributed by atoms with Gasteiger partial charge in [0.25, 0.3) is 0 Å². The van der Waals surface area contributed by atoms with E-state index >= 15 is 0 Å². The smallest absolute Gasteiger partial charge is 0.243 e. The number of nitrogens with zero attached hydrogens (tertiary/aromatic N) is 2. The first-order valence-corrected chi connectivity index (χ1v) is 8.46. The van der Waals surface area contributed by atoms with E-state index in [1.54, 1.807) is 23.2 Å². The largest absolute Gasteiger partial charge is 0.439 e. The molecule has 3 rings (SSSR count). The van der Waals surface area contributed by atoms with Gasteiger partial charge in [-0.25, -0.2) is 9.37 Å². The van der Waals surface area contributed by atoms with Gasteiger partial charge in [-0.3, -0.25) is 9.59 Å². The number of hydrogen-bond acceptors (Lipinski definition) is 4. The van der Waals surface area contributed by atoms with Crippen LogP contribution in [0.15, 0.2) is 42.6 Å². The van der Waals surface area contributed by atoms with E-state index in [1.165, 1.54) is 31.2 Å². The fourth-order valence-electron chi connectivity index (χ4n) is 2.96. The molecule has 2 heterocycles. The number of nitrogens with one attached hydrogen (secondary N) is 1. The molecule has 2 amide bonds. The lowest BCUT2D eigenvalue weighted by molar-refractivity contribution is -0.136. The second-order valence-electron chi connectivity index (χ2n) is 6.15. The Morgan fingerprint density at radius 1 is 1.31 bits per heavy atom. The quantitative estimate of drug-likeness (QED) is 0.893. The van der Waals surface area contributed by atoms with Crippen molar-refractivity contribution in [2.45, 2.75) is 32.4 Å². The van der Waals surface area contributed by atoms with Gasteiger partial charge in [-0.05, 0) is 48.7 Å². The summed E-state index contributed by atoms with van der Waals surface area (Å²) in [4.78, 5) is 29.6. The summed E-state index contributed by atoms with van der Waals surface area (Å²) < 4.78 is 18.5. The minimum absolute atomic E-state index is 0.0819. The highest BCUT2D eigenvalue weighted by molar-refractivity contribution is 5.87. The van der Waals surface area contributed by atoms with Gasteiger partial charge in [-0.2, -0.15) is 0 Å². The number of carbonyl (C=O) groups is 2. The molecule has 1 fully saturated rings. The second kappa shape index (κ2) is 7.95. The van der Waals surface area contributed by atoms with Gasteiger partial charge >= 0.3 is 0 Å². The summed E-state index contributed by atoms with van der Waals surface area (Å²) in [7, 11) is 0. The molecule has 1 aliphatic heterocycles. The molecule has 1 aliphatic rings. The lowest BCUT2D eigenvalue weighted by Crippen LogP contribution is -2.44. The van der Waals surface area contributed by atoms with Gasteiger partial charge in [0, 0.05) is 32.3 Å². The molecular weight excluding hydrogens is 337 g/mol. The molecule has 1 aromatic heterocycles. The highest BCUT2D eigenvalue weighted by Crippen LogP contribution is 2.21. The number of likely N-dealkylation sites (tertiary alicyclic amines) is 1. The third kappa shape index (κ3) is 4.36. The van der Waals surface area contributed by atoms with Crippen molar-refractivity contribution in [2.24, 2.45) is 0 Å². The van der Waals surface area contributed by atoms with Crippen molar-refractivity contribution in [2.75, 3.05) is 6.54 Å². The molecule has 0 bridgehead atoms. The summed E-state index contributed by atoms with van der Waals surface area (Å²) in [6.07, 6.45) is 3.10. The number of benzene rings is 1. The van der Waals surface area contributed by atoms with Crippen molar-refractivity contribution < 1.29 is 18.7 Å². The van der Waals surface area contributed by atoms with Crippen LogP contribution >= 0.6 is 0 Å². The Morgan fingerprint density at radius 2 is 2.08 bits per heavy atom. The van der Waals surface area contributed by atoms with Crippen molar-refractivity contribution in [3.63, 3.8) is 0 Å². The molecule has 1 atom stereocenters. The Hall–Kier alpha value is -2.96. The van der Waals surface area contributed by atoms with Gasteiger partial charge in [0.15, 0.2) is 0 Å². The highest BCUT2D eigenvalue weighted by Gasteiger charge is 2.31. The Balaban J connectivity index is 1.59. The van der Waals surface area contributed by atoms with Crippen LogP contribution in [0.2, 0.25) is 0 Å². The monoisotopic (exact) mass is 357 g/mol. The molecule has 1 unspecified atom stereocenters. The molecule has 1 saturated heterocycles. The number of halogens is 1. The van der Waals surface area contributed by atoms with Gasteiger partial charge in [-0.15, -0.1) is 0 Å². The van der Waals surface area contributed by atoms with Crippen LogP contribution in [0.1, 0.15) is 25.3 Å². The summed E-state index contributed by atoms with van der Waals surface area (Å²) in [5.74, 6) is 0.253. The van der Waals surface area contributed by atoms with E-state index in [4.69, 9.17) is 4.74 Å². The molecule has 2 aromatic rings. The summed E-state index contributed by atoms with van der Waals surface area (Å²) in [5, 5.41) is 2.86. The van der Waals surface area contributed by atoms with E-state index in [2.05, 4.69) is 10.3 Å². The zero-order valence-electron chi connectivity index (χ0n) is 14.4. The number of pyridine rings is 1. The maximum atomic E-state index is 12.9. The van der Waals surface area contributed by atoms with Crippen LogP contribution in [-0.4, -0.2) is 34.3 Å². The molecule has 7 heteroatoms. The first-order chi connectivity index (χ1) is 12.5. The van der Waals surface area contributed by atoms with Gasteiger partial charge in [0.1, 0.15) is 17.6 Å². The zero-order chi connectivity index (χ0) is 18.5. The summed E-state index contributed by atoms with van der Waals surface area (Å²) >= 11 is 0. The minimum atomic E-state index is -0.399. The van der Waals surface area contributed by atoms with E-state index in [1.807, 2.05) is 0 Å². The van der Waals surface area contributed by atoms with Gasteiger partial charge in [0.2, 0.25) is 17.7 Å². The Labute approximate surface area is 151 Å². The first kappa shape index (κ1) is 17.8. The topological polar surface area (TPSA) is 71.5 Å². The Morgan fingerprint density at radius 3 is 2.81 bits per heavy atom. The van der Waals surface area contributed by atoms with E-state index < -0.39 is 6.04 Å².